The average Bonchev–Trinajstić information content (AvgIpc) is 2.19. The highest BCUT2D eigenvalue weighted by molar-refractivity contribution is 9.09. The molecule has 2 unspecified atom stereocenters. The number of benzene rings is 1. The number of rotatable bonds is 3. The van der Waals surface area contributed by atoms with Gasteiger partial charge in [-0.05, 0) is 18.2 Å². The Labute approximate surface area is 94.5 Å². The van der Waals surface area contributed by atoms with Crippen LogP contribution in [0.1, 0.15) is 11.7 Å². The fourth-order valence-electron chi connectivity index (χ4n) is 1.03. The molecule has 0 aliphatic heterocycles. The lowest BCUT2D eigenvalue weighted by Crippen LogP contribution is -2.19. The van der Waals surface area contributed by atoms with E-state index in [1.54, 1.807) is 0 Å². The van der Waals surface area contributed by atoms with Crippen LogP contribution in [0.3, 0.4) is 0 Å². The Morgan fingerprint density at radius 1 is 1.43 bits per heavy atom. The Hall–Kier alpha value is -0.160. The molecule has 5 heteroatoms. The number of halogens is 3. The lowest BCUT2D eigenvalue weighted by atomic mass is 10.1. The van der Waals surface area contributed by atoms with E-state index in [0.717, 1.165) is 6.07 Å². The molecule has 1 aromatic rings. The molecule has 1 rings (SSSR count). The first-order chi connectivity index (χ1) is 6.56. The van der Waals surface area contributed by atoms with Gasteiger partial charge in [-0.15, -0.1) is 0 Å². The van der Waals surface area contributed by atoms with Crippen molar-refractivity contribution >= 4 is 27.5 Å². The van der Waals surface area contributed by atoms with Crippen molar-refractivity contribution in [2.24, 2.45) is 0 Å². The molecule has 0 amide bonds. The summed E-state index contributed by atoms with van der Waals surface area (Å²) in [6.45, 7) is 0. The van der Waals surface area contributed by atoms with Gasteiger partial charge < -0.3 is 10.2 Å². The Morgan fingerprint density at radius 2 is 2.07 bits per heavy atom. The molecule has 2 nitrogen and oxygen atoms in total. The van der Waals surface area contributed by atoms with Gasteiger partial charge in [0.25, 0.3) is 0 Å². The smallest absolute Gasteiger partial charge is 0.123 e. The highest BCUT2D eigenvalue weighted by Crippen LogP contribution is 2.26. The van der Waals surface area contributed by atoms with Crippen LogP contribution in [0, 0.1) is 5.82 Å². The van der Waals surface area contributed by atoms with Crippen LogP contribution in [-0.4, -0.2) is 21.6 Å². The lowest BCUT2D eigenvalue weighted by Gasteiger charge is -2.16. The number of alkyl halides is 1. The molecule has 78 valence electrons. The minimum absolute atomic E-state index is 0.193. The molecular formula is C9H9BrClFO2. The molecule has 0 aliphatic carbocycles. The highest BCUT2D eigenvalue weighted by Gasteiger charge is 2.20. The maximum atomic E-state index is 12.8. The van der Waals surface area contributed by atoms with E-state index >= 15 is 0 Å². The van der Waals surface area contributed by atoms with Crippen molar-refractivity contribution in [2.45, 2.75) is 12.2 Å². The Kier molecular flexibility index (Phi) is 4.31. The van der Waals surface area contributed by atoms with Gasteiger partial charge in [0.15, 0.2) is 0 Å². The number of aliphatic hydroxyl groups is 2. The van der Waals surface area contributed by atoms with Crippen LogP contribution in [0.25, 0.3) is 0 Å². The summed E-state index contributed by atoms with van der Waals surface area (Å²) in [6, 6.07) is 3.65. The molecule has 0 saturated heterocycles. The van der Waals surface area contributed by atoms with Crippen LogP contribution >= 0.6 is 27.5 Å². The van der Waals surface area contributed by atoms with Gasteiger partial charge in [0.2, 0.25) is 0 Å². The molecule has 0 radical (unpaired) electrons. The second-order valence-electron chi connectivity index (χ2n) is 2.83. The fourth-order valence-corrected chi connectivity index (χ4v) is 1.62. The van der Waals surface area contributed by atoms with E-state index in [0.29, 0.717) is 0 Å². The van der Waals surface area contributed by atoms with Crippen molar-refractivity contribution in [3.05, 3.63) is 34.6 Å². The Morgan fingerprint density at radius 3 is 2.64 bits per heavy atom. The summed E-state index contributed by atoms with van der Waals surface area (Å²) >= 11 is 8.75. The number of aliphatic hydroxyl groups excluding tert-OH is 2. The predicted octanol–water partition coefficient (Wildman–Crippen LogP) is 2.27. The minimum Gasteiger partial charge on any atom is -0.389 e. The molecule has 2 atom stereocenters. The second kappa shape index (κ2) is 5.07. The van der Waals surface area contributed by atoms with Gasteiger partial charge in [-0.3, -0.25) is 0 Å². The Bertz CT molecular complexity index is 322. The minimum atomic E-state index is -1.18. The first kappa shape index (κ1) is 11.9. The van der Waals surface area contributed by atoms with E-state index in [-0.39, 0.29) is 15.9 Å². The third-order valence-corrected chi connectivity index (χ3v) is 2.81. The first-order valence-corrected chi connectivity index (χ1v) is 5.43. The molecule has 0 heterocycles. The van der Waals surface area contributed by atoms with Crippen LogP contribution in [0.15, 0.2) is 18.2 Å². The van der Waals surface area contributed by atoms with E-state index in [4.69, 9.17) is 11.6 Å². The zero-order valence-electron chi connectivity index (χ0n) is 7.12. The molecule has 0 saturated carbocycles. The van der Waals surface area contributed by atoms with Gasteiger partial charge in [0.05, 0.1) is 6.10 Å². The molecular weight excluding hydrogens is 274 g/mol. The summed E-state index contributed by atoms with van der Waals surface area (Å²) in [4.78, 5) is 0. The van der Waals surface area contributed by atoms with Crippen molar-refractivity contribution in [3.8, 4) is 0 Å². The predicted molar refractivity (Wildman–Crippen MR) is 56.2 cm³/mol. The van der Waals surface area contributed by atoms with Gasteiger partial charge in [-0.1, -0.05) is 27.5 Å². The van der Waals surface area contributed by atoms with Gasteiger partial charge in [-0.25, -0.2) is 4.39 Å². The maximum Gasteiger partial charge on any atom is 0.123 e. The molecule has 2 N–H and O–H groups in total. The molecule has 0 spiro atoms. The van der Waals surface area contributed by atoms with Crippen molar-refractivity contribution in [1.29, 1.82) is 0 Å². The van der Waals surface area contributed by atoms with Gasteiger partial charge >= 0.3 is 0 Å². The molecule has 14 heavy (non-hydrogen) atoms. The van der Waals surface area contributed by atoms with Crippen LogP contribution in [0.2, 0.25) is 5.02 Å². The molecule has 0 fully saturated rings. The van der Waals surface area contributed by atoms with Gasteiger partial charge in [0.1, 0.15) is 11.9 Å². The number of hydrogen-bond donors (Lipinski definition) is 2. The topological polar surface area (TPSA) is 40.5 Å². The first-order valence-electron chi connectivity index (χ1n) is 3.93. The maximum absolute atomic E-state index is 12.8. The molecule has 0 aliphatic rings. The summed E-state index contributed by atoms with van der Waals surface area (Å²) in [5.41, 5.74) is 0.193. The molecule has 1 aromatic carbocycles. The van der Waals surface area contributed by atoms with Crippen LogP contribution < -0.4 is 0 Å². The zero-order valence-corrected chi connectivity index (χ0v) is 9.46. The fraction of sp³-hybridized carbons (Fsp3) is 0.333. The van der Waals surface area contributed by atoms with Crippen molar-refractivity contribution in [3.63, 3.8) is 0 Å². The molecule has 0 bridgehead atoms. The third-order valence-electron chi connectivity index (χ3n) is 1.80. The monoisotopic (exact) mass is 282 g/mol. The second-order valence-corrected chi connectivity index (χ2v) is 3.89. The van der Waals surface area contributed by atoms with E-state index in [1.807, 2.05) is 0 Å². The van der Waals surface area contributed by atoms with E-state index in [1.165, 1.54) is 12.1 Å². The quantitative estimate of drug-likeness (QED) is 0.836. The summed E-state index contributed by atoms with van der Waals surface area (Å²) in [7, 11) is 0. The summed E-state index contributed by atoms with van der Waals surface area (Å²) < 4.78 is 12.8. The lowest BCUT2D eigenvalue weighted by molar-refractivity contribution is 0.0341. The van der Waals surface area contributed by atoms with Gasteiger partial charge in [-0.2, -0.15) is 0 Å². The van der Waals surface area contributed by atoms with E-state index in [2.05, 4.69) is 15.9 Å². The zero-order chi connectivity index (χ0) is 10.7. The van der Waals surface area contributed by atoms with Crippen molar-refractivity contribution in [1.82, 2.24) is 0 Å². The van der Waals surface area contributed by atoms with Crippen LogP contribution in [-0.2, 0) is 0 Å². The van der Waals surface area contributed by atoms with Crippen LogP contribution in [0.5, 0.6) is 0 Å². The summed E-state index contributed by atoms with van der Waals surface area (Å²) in [5, 5.41) is 19.3. The van der Waals surface area contributed by atoms with Crippen molar-refractivity contribution < 1.29 is 14.6 Å². The standard InChI is InChI=1S/C9H9BrClFO2/c10-4-8(13)9(14)6-3-5(12)1-2-7(6)11/h1-3,8-9,13-14H,4H2. The van der Waals surface area contributed by atoms with Gasteiger partial charge in [0, 0.05) is 15.9 Å². The van der Waals surface area contributed by atoms with Crippen molar-refractivity contribution in [2.75, 3.05) is 5.33 Å². The average molecular weight is 284 g/mol. The van der Waals surface area contributed by atoms with Crippen LogP contribution in [0.4, 0.5) is 4.39 Å². The Balaban J connectivity index is 2.99. The third kappa shape index (κ3) is 2.67. The molecule has 0 aromatic heterocycles. The summed E-state index contributed by atoms with van der Waals surface area (Å²) in [5.74, 6) is -0.495. The number of hydrogen-bond acceptors (Lipinski definition) is 2. The van der Waals surface area contributed by atoms with E-state index < -0.39 is 18.0 Å². The summed E-state index contributed by atoms with van der Waals surface area (Å²) in [6.07, 6.45) is -2.19. The van der Waals surface area contributed by atoms with E-state index in [9.17, 15) is 14.6 Å². The highest BCUT2D eigenvalue weighted by atomic mass is 79.9. The largest absolute Gasteiger partial charge is 0.389 e. The normalized spacial score (nSPS) is 15.2. The SMILES string of the molecule is OC(CBr)C(O)c1cc(F)ccc1Cl.